The van der Waals surface area contributed by atoms with Crippen LogP contribution in [0, 0.1) is 34.5 Å². The van der Waals surface area contributed by atoms with Gasteiger partial charge in [-0.1, -0.05) is 88.5 Å². The lowest BCUT2D eigenvalue weighted by Crippen LogP contribution is -2.34. The van der Waals surface area contributed by atoms with Crippen LogP contribution in [-0.2, 0) is 19.1 Å². The van der Waals surface area contributed by atoms with Gasteiger partial charge in [0.05, 0.1) is 13.2 Å². The van der Waals surface area contributed by atoms with E-state index in [-0.39, 0.29) is 22.8 Å². The van der Waals surface area contributed by atoms with Gasteiger partial charge in [-0.3, -0.25) is 9.59 Å². The molecule has 0 saturated heterocycles. The van der Waals surface area contributed by atoms with E-state index in [1.54, 1.807) is 0 Å². The lowest BCUT2D eigenvalue weighted by Gasteiger charge is -2.41. The van der Waals surface area contributed by atoms with E-state index >= 15 is 0 Å². The van der Waals surface area contributed by atoms with Crippen LogP contribution in [0.5, 0.6) is 0 Å². The van der Waals surface area contributed by atoms with Crippen LogP contribution in [0.4, 0.5) is 0 Å². The highest BCUT2D eigenvalue weighted by Gasteiger charge is 2.37. The number of unbranched alkanes of at least 4 members (excludes halogenated alkanes) is 2. The number of carbonyl (C=O) groups excluding carboxylic acids is 2. The van der Waals surface area contributed by atoms with Gasteiger partial charge in [-0.2, -0.15) is 0 Å². The summed E-state index contributed by atoms with van der Waals surface area (Å²) in [5.74, 6) is 2.05. The third kappa shape index (κ3) is 11.3. The predicted molar refractivity (Wildman–Crippen MR) is 148 cm³/mol. The van der Waals surface area contributed by atoms with Gasteiger partial charge in [-0.25, -0.2) is 0 Å². The zero-order valence-corrected chi connectivity index (χ0v) is 25.1. The number of hydrogen-bond donors (Lipinski definition) is 0. The monoisotopic (exact) mass is 496 g/mol. The second-order valence-electron chi connectivity index (χ2n) is 12.1. The standard InChI is InChI=1S/C31H60O4/c1-11-18-30(24(3)4,25(5)6)20-22-34-28(32)16-14-13-15-17-29(33)35-23-21-31(19-12-2,26(7)8)27(9)10/h24-27H,11-23H2,1-10H3. The van der Waals surface area contributed by atoms with Gasteiger partial charge >= 0.3 is 11.9 Å². The fourth-order valence-corrected chi connectivity index (χ4v) is 6.39. The van der Waals surface area contributed by atoms with Crippen molar-refractivity contribution in [3.8, 4) is 0 Å². The molecule has 208 valence electrons. The van der Waals surface area contributed by atoms with Crippen molar-refractivity contribution in [3.63, 3.8) is 0 Å². The van der Waals surface area contributed by atoms with Gasteiger partial charge in [0.15, 0.2) is 0 Å². The van der Waals surface area contributed by atoms with Crippen LogP contribution in [0.1, 0.15) is 140 Å². The van der Waals surface area contributed by atoms with Crippen molar-refractivity contribution in [2.24, 2.45) is 34.5 Å². The van der Waals surface area contributed by atoms with Crippen molar-refractivity contribution in [2.75, 3.05) is 13.2 Å². The molecule has 0 unspecified atom stereocenters. The Morgan fingerprint density at radius 2 is 0.857 bits per heavy atom. The van der Waals surface area contributed by atoms with E-state index in [9.17, 15) is 9.59 Å². The number of rotatable bonds is 20. The van der Waals surface area contributed by atoms with Crippen molar-refractivity contribution in [2.45, 2.75) is 140 Å². The van der Waals surface area contributed by atoms with Crippen molar-refractivity contribution >= 4 is 11.9 Å². The Morgan fingerprint density at radius 1 is 0.543 bits per heavy atom. The van der Waals surface area contributed by atoms with Gasteiger partial charge in [0.1, 0.15) is 0 Å². The lowest BCUT2D eigenvalue weighted by molar-refractivity contribution is -0.145. The zero-order chi connectivity index (χ0) is 27.1. The molecule has 0 N–H and O–H groups in total. The number of hydrogen-bond acceptors (Lipinski definition) is 4. The molecule has 4 nitrogen and oxygen atoms in total. The first-order chi connectivity index (χ1) is 16.4. The Hall–Kier alpha value is -1.06. The second kappa shape index (κ2) is 17.4. The van der Waals surface area contributed by atoms with Gasteiger partial charge in [0, 0.05) is 12.8 Å². The van der Waals surface area contributed by atoms with E-state index in [1.165, 1.54) is 12.8 Å². The molecule has 0 aromatic rings. The van der Waals surface area contributed by atoms with E-state index in [0.29, 0.717) is 49.7 Å². The molecule has 0 atom stereocenters. The third-order valence-corrected chi connectivity index (χ3v) is 8.95. The van der Waals surface area contributed by atoms with Crippen LogP contribution >= 0.6 is 0 Å². The topological polar surface area (TPSA) is 52.6 Å². The maximum Gasteiger partial charge on any atom is 0.305 e. The van der Waals surface area contributed by atoms with Crippen molar-refractivity contribution in [1.29, 1.82) is 0 Å². The smallest absolute Gasteiger partial charge is 0.305 e. The minimum Gasteiger partial charge on any atom is -0.466 e. The molecular weight excluding hydrogens is 436 g/mol. The summed E-state index contributed by atoms with van der Waals surface area (Å²) >= 11 is 0. The van der Waals surface area contributed by atoms with Crippen LogP contribution in [0.2, 0.25) is 0 Å². The SMILES string of the molecule is CCCC(CCOC(=O)CCCCCC(=O)OCCC(CCC)(C(C)C)C(C)C)(C(C)C)C(C)C. The molecule has 0 amide bonds. The quantitative estimate of drug-likeness (QED) is 0.125. The van der Waals surface area contributed by atoms with Gasteiger partial charge in [-0.15, -0.1) is 0 Å². The summed E-state index contributed by atoms with van der Waals surface area (Å²) in [6, 6.07) is 0. The normalized spacial score (nSPS) is 12.7. The van der Waals surface area contributed by atoms with Gasteiger partial charge < -0.3 is 9.47 Å². The number of esters is 2. The first-order valence-corrected chi connectivity index (χ1v) is 14.7. The van der Waals surface area contributed by atoms with Crippen LogP contribution in [0.3, 0.4) is 0 Å². The molecule has 0 aliphatic heterocycles. The van der Waals surface area contributed by atoms with Crippen molar-refractivity contribution in [3.05, 3.63) is 0 Å². The molecule has 0 heterocycles. The molecule has 0 bridgehead atoms. The summed E-state index contributed by atoms with van der Waals surface area (Å²) in [4.78, 5) is 24.4. The summed E-state index contributed by atoms with van der Waals surface area (Å²) in [6.45, 7) is 23.8. The molecule has 0 radical (unpaired) electrons. The average Bonchev–Trinajstić information content (AvgIpc) is 2.76. The lowest BCUT2D eigenvalue weighted by atomic mass is 9.64. The zero-order valence-electron chi connectivity index (χ0n) is 25.1. The van der Waals surface area contributed by atoms with Gasteiger partial charge in [0.25, 0.3) is 0 Å². The molecule has 4 heteroatoms. The summed E-state index contributed by atoms with van der Waals surface area (Å²) in [6.07, 6.45) is 9.75. The Bertz CT molecular complexity index is 511. The van der Waals surface area contributed by atoms with Gasteiger partial charge in [0.2, 0.25) is 0 Å². The molecule has 35 heavy (non-hydrogen) atoms. The van der Waals surface area contributed by atoms with Crippen LogP contribution in [0.15, 0.2) is 0 Å². The Morgan fingerprint density at radius 3 is 1.11 bits per heavy atom. The van der Waals surface area contributed by atoms with E-state index in [4.69, 9.17) is 9.47 Å². The maximum atomic E-state index is 12.2. The highest BCUT2D eigenvalue weighted by molar-refractivity contribution is 5.69. The van der Waals surface area contributed by atoms with Crippen LogP contribution < -0.4 is 0 Å². The molecule has 0 aromatic heterocycles. The Kier molecular flexibility index (Phi) is 16.9. The second-order valence-corrected chi connectivity index (χ2v) is 12.1. The van der Waals surface area contributed by atoms with Crippen LogP contribution in [0.25, 0.3) is 0 Å². The molecule has 0 fully saturated rings. The predicted octanol–water partition coefficient (Wildman–Crippen LogP) is 9.00. The minimum atomic E-state index is -0.111. The fraction of sp³-hybridized carbons (Fsp3) is 0.935. The number of ether oxygens (including phenoxy) is 2. The van der Waals surface area contributed by atoms with Crippen molar-refractivity contribution < 1.29 is 19.1 Å². The molecule has 0 aromatic carbocycles. The first-order valence-electron chi connectivity index (χ1n) is 14.7. The van der Waals surface area contributed by atoms with Crippen molar-refractivity contribution in [1.82, 2.24) is 0 Å². The van der Waals surface area contributed by atoms with E-state index in [0.717, 1.165) is 44.9 Å². The molecule has 0 aliphatic rings. The van der Waals surface area contributed by atoms with Gasteiger partial charge in [-0.05, 0) is 73.0 Å². The number of carbonyl (C=O) groups is 2. The largest absolute Gasteiger partial charge is 0.466 e. The molecule has 0 spiro atoms. The minimum absolute atomic E-state index is 0.111. The molecule has 0 saturated carbocycles. The Labute approximate surface area is 218 Å². The van der Waals surface area contributed by atoms with E-state index in [1.807, 2.05) is 0 Å². The average molecular weight is 497 g/mol. The summed E-state index contributed by atoms with van der Waals surface area (Å²) in [7, 11) is 0. The first kappa shape index (κ1) is 33.9. The maximum absolute atomic E-state index is 12.2. The summed E-state index contributed by atoms with van der Waals surface area (Å²) < 4.78 is 11.2. The van der Waals surface area contributed by atoms with Crippen LogP contribution in [-0.4, -0.2) is 25.2 Å². The molecule has 0 aliphatic carbocycles. The summed E-state index contributed by atoms with van der Waals surface area (Å²) in [5.41, 5.74) is 0.464. The van der Waals surface area contributed by atoms with E-state index in [2.05, 4.69) is 69.2 Å². The molecule has 0 rings (SSSR count). The fourth-order valence-electron chi connectivity index (χ4n) is 6.39. The molecular formula is C31H60O4. The Balaban J connectivity index is 4.22. The highest BCUT2D eigenvalue weighted by atomic mass is 16.5. The highest BCUT2D eigenvalue weighted by Crippen LogP contribution is 2.44. The third-order valence-electron chi connectivity index (χ3n) is 8.95. The van der Waals surface area contributed by atoms with E-state index < -0.39 is 0 Å². The summed E-state index contributed by atoms with van der Waals surface area (Å²) in [5, 5.41) is 0.